The second-order valence-electron chi connectivity index (χ2n) is 7.22. The lowest BCUT2D eigenvalue weighted by Crippen LogP contribution is -2.48. The first kappa shape index (κ1) is 13.7. The summed E-state index contributed by atoms with van der Waals surface area (Å²) in [4.78, 5) is 2.67. The van der Waals surface area contributed by atoms with Crippen LogP contribution in [0.5, 0.6) is 0 Å². The van der Waals surface area contributed by atoms with Crippen LogP contribution in [-0.2, 0) is 6.42 Å². The van der Waals surface area contributed by atoms with Crippen molar-refractivity contribution in [1.29, 1.82) is 0 Å². The van der Waals surface area contributed by atoms with Crippen LogP contribution >= 0.6 is 0 Å². The average Bonchev–Trinajstić information content (AvgIpc) is 3.27. The van der Waals surface area contributed by atoms with Crippen molar-refractivity contribution in [2.45, 2.75) is 50.2 Å². The average molecular weight is 285 g/mol. The van der Waals surface area contributed by atoms with Crippen LogP contribution in [-0.4, -0.2) is 36.6 Å². The van der Waals surface area contributed by atoms with E-state index in [1.165, 1.54) is 56.4 Å². The van der Waals surface area contributed by atoms with E-state index >= 15 is 0 Å². The van der Waals surface area contributed by atoms with E-state index in [4.69, 9.17) is 5.73 Å². The first-order chi connectivity index (χ1) is 10.3. The minimum absolute atomic E-state index is 0.172. The fourth-order valence-electron chi connectivity index (χ4n) is 4.04. The van der Waals surface area contributed by atoms with Gasteiger partial charge in [0.2, 0.25) is 0 Å². The maximum absolute atomic E-state index is 6.44. The van der Waals surface area contributed by atoms with Crippen molar-refractivity contribution in [1.82, 2.24) is 10.2 Å². The van der Waals surface area contributed by atoms with E-state index in [-0.39, 0.29) is 6.04 Å². The van der Waals surface area contributed by atoms with Crippen LogP contribution in [0.2, 0.25) is 0 Å². The number of nitrogens with two attached hydrogens (primary N) is 1. The van der Waals surface area contributed by atoms with Crippen LogP contribution in [0.3, 0.4) is 0 Å². The number of benzene rings is 1. The van der Waals surface area contributed by atoms with Gasteiger partial charge in [-0.15, -0.1) is 0 Å². The molecule has 1 saturated heterocycles. The zero-order valence-electron chi connectivity index (χ0n) is 12.8. The molecular weight excluding hydrogens is 258 g/mol. The third-order valence-electron chi connectivity index (χ3n) is 5.54. The Morgan fingerprint density at radius 2 is 1.86 bits per heavy atom. The number of fused-ring (bicyclic) bond motifs is 1. The van der Waals surface area contributed by atoms with Gasteiger partial charge in [-0.05, 0) is 62.2 Å². The van der Waals surface area contributed by atoms with E-state index in [1.54, 1.807) is 0 Å². The predicted molar refractivity (Wildman–Crippen MR) is 86.2 cm³/mol. The molecule has 0 radical (unpaired) electrons. The Hall–Kier alpha value is -0.900. The van der Waals surface area contributed by atoms with E-state index in [0.29, 0.717) is 12.1 Å². The molecule has 114 valence electrons. The number of piperidine rings is 1. The van der Waals surface area contributed by atoms with Crippen molar-refractivity contribution in [2.75, 3.05) is 19.6 Å². The van der Waals surface area contributed by atoms with Crippen LogP contribution < -0.4 is 11.1 Å². The number of hydrogen-bond donors (Lipinski definition) is 2. The van der Waals surface area contributed by atoms with E-state index < -0.39 is 0 Å². The molecule has 1 aromatic carbocycles. The van der Waals surface area contributed by atoms with Crippen molar-refractivity contribution >= 4 is 0 Å². The zero-order chi connectivity index (χ0) is 14.2. The van der Waals surface area contributed by atoms with Crippen LogP contribution in [0.1, 0.15) is 42.9 Å². The molecule has 0 bridgehead atoms. The highest BCUT2D eigenvalue weighted by Crippen LogP contribution is 2.32. The highest BCUT2D eigenvalue weighted by molar-refractivity contribution is 5.36. The van der Waals surface area contributed by atoms with E-state index in [1.807, 2.05) is 0 Å². The largest absolute Gasteiger partial charge is 0.323 e. The maximum Gasteiger partial charge on any atom is 0.0456 e. The molecule has 2 atom stereocenters. The van der Waals surface area contributed by atoms with Gasteiger partial charge in [-0.25, -0.2) is 0 Å². The maximum atomic E-state index is 6.44. The monoisotopic (exact) mass is 285 g/mol. The molecule has 2 aliphatic carbocycles. The summed E-state index contributed by atoms with van der Waals surface area (Å²) in [6.07, 6.45) is 6.60. The highest BCUT2D eigenvalue weighted by atomic mass is 15.2. The Bertz CT molecular complexity index is 489. The molecule has 0 amide bonds. The summed E-state index contributed by atoms with van der Waals surface area (Å²) in [6.45, 7) is 3.88. The van der Waals surface area contributed by atoms with Crippen LogP contribution in [0.4, 0.5) is 0 Å². The molecule has 0 aromatic heterocycles. The van der Waals surface area contributed by atoms with Crippen molar-refractivity contribution < 1.29 is 0 Å². The molecule has 4 rings (SSSR count). The SMILES string of the molecule is N[C@@H]1c2ccccc2C[C@H]1NC1CCN(CC2CC2)CC1. The Labute approximate surface area is 127 Å². The predicted octanol–water partition coefficient (Wildman–Crippen LogP) is 2.08. The molecule has 21 heavy (non-hydrogen) atoms. The third-order valence-corrected chi connectivity index (χ3v) is 5.54. The van der Waals surface area contributed by atoms with Gasteiger partial charge in [0.25, 0.3) is 0 Å². The first-order valence-corrected chi connectivity index (χ1v) is 8.61. The molecule has 2 fully saturated rings. The second kappa shape index (κ2) is 5.71. The Kier molecular flexibility index (Phi) is 3.74. The summed E-state index contributed by atoms with van der Waals surface area (Å²) >= 11 is 0. The quantitative estimate of drug-likeness (QED) is 0.890. The Morgan fingerprint density at radius 1 is 1.10 bits per heavy atom. The molecular formula is C18H27N3. The van der Waals surface area contributed by atoms with Gasteiger partial charge < -0.3 is 16.0 Å². The number of nitrogens with one attached hydrogen (secondary N) is 1. The topological polar surface area (TPSA) is 41.3 Å². The van der Waals surface area contributed by atoms with E-state index in [2.05, 4.69) is 34.5 Å². The van der Waals surface area contributed by atoms with Gasteiger partial charge in [0.1, 0.15) is 0 Å². The van der Waals surface area contributed by atoms with Gasteiger partial charge >= 0.3 is 0 Å². The molecule has 0 unspecified atom stereocenters. The van der Waals surface area contributed by atoms with Crippen molar-refractivity contribution in [3.63, 3.8) is 0 Å². The van der Waals surface area contributed by atoms with Gasteiger partial charge in [0.15, 0.2) is 0 Å². The van der Waals surface area contributed by atoms with Crippen molar-refractivity contribution in [2.24, 2.45) is 11.7 Å². The zero-order valence-corrected chi connectivity index (χ0v) is 12.8. The summed E-state index contributed by atoms with van der Waals surface area (Å²) in [6, 6.07) is 9.93. The highest BCUT2D eigenvalue weighted by Gasteiger charge is 2.32. The van der Waals surface area contributed by atoms with Gasteiger partial charge in [-0.2, -0.15) is 0 Å². The Morgan fingerprint density at radius 3 is 2.57 bits per heavy atom. The fraction of sp³-hybridized carbons (Fsp3) is 0.667. The van der Waals surface area contributed by atoms with Crippen molar-refractivity contribution in [3.05, 3.63) is 35.4 Å². The van der Waals surface area contributed by atoms with Gasteiger partial charge in [0.05, 0.1) is 0 Å². The number of likely N-dealkylation sites (tertiary alicyclic amines) is 1. The smallest absolute Gasteiger partial charge is 0.0456 e. The molecule has 3 nitrogen and oxygen atoms in total. The normalized spacial score (nSPS) is 30.5. The fourth-order valence-corrected chi connectivity index (χ4v) is 4.04. The van der Waals surface area contributed by atoms with Crippen LogP contribution in [0.25, 0.3) is 0 Å². The number of nitrogens with zero attached hydrogens (tertiary/aromatic N) is 1. The number of rotatable bonds is 4. The summed E-state index contributed by atoms with van der Waals surface area (Å²) in [7, 11) is 0. The number of hydrogen-bond acceptors (Lipinski definition) is 3. The molecule has 0 spiro atoms. The van der Waals surface area contributed by atoms with Crippen LogP contribution in [0.15, 0.2) is 24.3 Å². The standard InChI is InChI=1S/C18H27N3/c19-18-16-4-2-1-3-14(16)11-17(18)20-15-7-9-21(10-8-15)12-13-5-6-13/h1-4,13,15,17-18,20H,5-12,19H2/t17-,18-/m1/s1. The first-order valence-electron chi connectivity index (χ1n) is 8.61. The van der Waals surface area contributed by atoms with Gasteiger partial charge in [0, 0.05) is 24.7 Å². The van der Waals surface area contributed by atoms with E-state index in [9.17, 15) is 0 Å². The summed E-state index contributed by atoms with van der Waals surface area (Å²) in [5.74, 6) is 1.02. The van der Waals surface area contributed by atoms with Gasteiger partial charge in [-0.3, -0.25) is 0 Å². The minimum Gasteiger partial charge on any atom is -0.323 e. The molecule has 1 aliphatic heterocycles. The Balaban J connectivity index is 1.29. The molecule has 3 aliphatic rings. The lowest BCUT2D eigenvalue weighted by Gasteiger charge is -2.34. The summed E-state index contributed by atoms with van der Waals surface area (Å²) in [5.41, 5.74) is 9.22. The molecule has 3 heteroatoms. The molecule has 1 aromatic rings. The van der Waals surface area contributed by atoms with Gasteiger partial charge in [-0.1, -0.05) is 24.3 Å². The van der Waals surface area contributed by atoms with Crippen molar-refractivity contribution in [3.8, 4) is 0 Å². The molecule has 1 heterocycles. The van der Waals surface area contributed by atoms with Crippen LogP contribution in [0, 0.1) is 5.92 Å². The third kappa shape index (κ3) is 3.01. The summed E-state index contributed by atoms with van der Waals surface area (Å²) < 4.78 is 0. The molecule has 3 N–H and O–H groups in total. The summed E-state index contributed by atoms with van der Waals surface area (Å²) in [5, 5.41) is 3.85. The minimum atomic E-state index is 0.172. The second-order valence-corrected chi connectivity index (χ2v) is 7.22. The lowest BCUT2D eigenvalue weighted by molar-refractivity contribution is 0.182. The molecule has 1 saturated carbocycles. The lowest BCUT2D eigenvalue weighted by atomic mass is 10.0. The van der Waals surface area contributed by atoms with E-state index in [0.717, 1.165) is 12.3 Å².